The number of hydrazine groups is 1. The molecule has 0 rings (SSSR count). The van der Waals surface area contributed by atoms with Gasteiger partial charge in [0, 0.05) is 7.11 Å². The van der Waals surface area contributed by atoms with E-state index in [-0.39, 0.29) is 11.8 Å². The van der Waals surface area contributed by atoms with Gasteiger partial charge >= 0.3 is 0 Å². The SMILES string of the molecule is COCCOC(C(=O)NN)C(C)C. The van der Waals surface area contributed by atoms with Crippen LogP contribution in [-0.4, -0.2) is 32.3 Å². The third kappa shape index (κ3) is 4.82. The topological polar surface area (TPSA) is 73.6 Å². The van der Waals surface area contributed by atoms with Gasteiger partial charge in [0.15, 0.2) is 0 Å². The molecule has 1 unspecified atom stereocenters. The smallest absolute Gasteiger partial charge is 0.263 e. The van der Waals surface area contributed by atoms with Crippen LogP contribution in [0.2, 0.25) is 0 Å². The fourth-order valence-corrected chi connectivity index (χ4v) is 0.911. The molecule has 0 saturated carbocycles. The van der Waals surface area contributed by atoms with Crippen molar-refractivity contribution in [3.8, 4) is 0 Å². The van der Waals surface area contributed by atoms with E-state index in [4.69, 9.17) is 15.3 Å². The van der Waals surface area contributed by atoms with Crippen LogP contribution in [0.4, 0.5) is 0 Å². The van der Waals surface area contributed by atoms with E-state index >= 15 is 0 Å². The van der Waals surface area contributed by atoms with Crippen LogP contribution in [0.25, 0.3) is 0 Å². The Bertz CT molecular complexity index is 150. The molecule has 1 atom stereocenters. The lowest BCUT2D eigenvalue weighted by molar-refractivity contribution is -0.136. The first-order valence-corrected chi connectivity index (χ1v) is 4.24. The van der Waals surface area contributed by atoms with Crippen molar-refractivity contribution in [2.45, 2.75) is 20.0 Å². The highest BCUT2D eigenvalue weighted by Gasteiger charge is 2.21. The van der Waals surface area contributed by atoms with Crippen molar-refractivity contribution in [2.75, 3.05) is 20.3 Å². The standard InChI is InChI=1S/C8H18N2O3/c1-6(2)7(8(11)10-9)13-5-4-12-3/h6-7H,4-5,9H2,1-3H3,(H,10,11). The zero-order valence-corrected chi connectivity index (χ0v) is 8.37. The molecule has 5 nitrogen and oxygen atoms in total. The summed E-state index contributed by atoms with van der Waals surface area (Å²) in [6, 6.07) is 0. The Morgan fingerprint density at radius 1 is 1.46 bits per heavy atom. The van der Waals surface area contributed by atoms with E-state index in [1.165, 1.54) is 0 Å². The first kappa shape index (κ1) is 12.3. The first-order chi connectivity index (χ1) is 6.13. The lowest BCUT2D eigenvalue weighted by Crippen LogP contribution is -2.43. The number of amides is 1. The van der Waals surface area contributed by atoms with Crippen molar-refractivity contribution in [3.63, 3.8) is 0 Å². The van der Waals surface area contributed by atoms with Crippen molar-refractivity contribution in [1.82, 2.24) is 5.43 Å². The van der Waals surface area contributed by atoms with Crippen LogP contribution in [0.1, 0.15) is 13.8 Å². The molecule has 1 amide bonds. The molecule has 78 valence electrons. The Balaban J connectivity index is 3.88. The lowest BCUT2D eigenvalue weighted by Gasteiger charge is -2.19. The molecule has 0 aromatic rings. The third-order valence-corrected chi connectivity index (χ3v) is 1.59. The molecule has 0 radical (unpaired) electrons. The summed E-state index contributed by atoms with van der Waals surface area (Å²) < 4.78 is 10.1. The molecule has 0 bridgehead atoms. The monoisotopic (exact) mass is 190 g/mol. The predicted octanol–water partition coefficient (Wildman–Crippen LogP) is -0.336. The predicted molar refractivity (Wildman–Crippen MR) is 48.8 cm³/mol. The van der Waals surface area contributed by atoms with E-state index < -0.39 is 6.10 Å². The van der Waals surface area contributed by atoms with E-state index in [0.717, 1.165) is 0 Å². The summed E-state index contributed by atoms with van der Waals surface area (Å²) >= 11 is 0. The van der Waals surface area contributed by atoms with Gasteiger partial charge in [-0.25, -0.2) is 5.84 Å². The van der Waals surface area contributed by atoms with Crippen LogP contribution in [0, 0.1) is 5.92 Å². The zero-order chi connectivity index (χ0) is 10.3. The van der Waals surface area contributed by atoms with Crippen molar-refractivity contribution in [3.05, 3.63) is 0 Å². The van der Waals surface area contributed by atoms with E-state index in [0.29, 0.717) is 13.2 Å². The molecule has 0 spiro atoms. The maximum Gasteiger partial charge on any atom is 0.263 e. The first-order valence-electron chi connectivity index (χ1n) is 4.24. The summed E-state index contributed by atoms with van der Waals surface area (Å²) in [5, 5.41) is 0. The number of nitrogens with two attached hydrogens (primary N) is 1. The number of hydrogen-bond donors (Lipinski definition) is 2. The second-order valence-electron chi connectivity index (χ2n) is 3.04. The largest absolute Gasteiger partial charge is 0.382 e. The number of rotatable bonds is 6. The average Bonchev–Trinajstić information content (AvgIpc) is 2.11. The number of nitrogens with one attached hydrogen (secondary N) is 1. The molecular formula is C8H18N2O3. The second-order valence-corrected chi connectivity index (χ2v) is 3.04. The minimum absolute atomic E-state index is 0.0976. The van der Waals surface area contributed by atoms with Gasteiger partial charge in [0.1, 0.15) is 6.10 Å². The number of hydrogen-bond acceptors (Lipinski definition) is 4. The minimum Gasteiger partial charge on any atom is -0.382 e. The Hall–Kier alpha value is -0.650. The van der Waals surface area contributed by atoms with Gasteiger partial charge in [-0.2, -0.15) is 0 Å². The summed E-state index contributed by atoms with van der Waals surface area (Å²) in [5.41, 5.74) is 2.07. The van der Waals surface area contributed by atoms with Crippen LogP contribution >= 0.6 is 0 Å². The van der Waals surface area contributed by atoms with Gasteiger partial charge in [-0.3, -0.25) is 10.2 Å². The van der Waals surface area contributed by atoms with Gasteiger partial charge < -0.3 is 9.47 Å². The third-order valence-electron chi connectivity index (χ3n) is 1.59. The molecule has 0 aliphatic carbocycles. The lowest BCUT2D eigenvalue weighted by atomic mass is 10.1. The fraction of sp³-hybridized carbons (Fsp3) is 0.875. The molecule has 0 saturated heterocycles. The number of carbonyl (C=O) groups excluding carboxylic acids is 1. The van der Waals surface area contributed by atoms with E-state index in [1.54, 1.807) is 7.11 Å². The van der Waals surface area contributed by atoms with Crippen molar-refractivity contribution in [1.29, 1.82) is 0 Å². The maximum atomic E-state index is 11.1. The molecular weight excluding hydrogens is 172 g/mol. The summed E-state index contributed by atoms with van der Waals surface area (Å²) in [7, 11) is 1.58. The summed E-state index contributed by atoms with van der Waals surface area (Å²) in [5.74, 6) is 4.80. The Morgan fingerprint density at radius 2 is 2.08 bits per heavy atom. The minimum atomic E-state index is -0.500. The van der Waals surface area contributed by atoms with E-state index in [1.807, 2.05) is 13.8 Å². The van der Waals surface area contributed by atoms with Crippen LogP contribution in [0.15, 0.2) is 0 Å². The van der Waals surface area contributed by atoms with Crippen LogP contribution < -0.4 is 11.3 Å². The van der Waals surface area contributed by atoms with Crippen LogP contribution in [-0.2, 0) is 14.3 Å². The molecule has 0 aromatic carbocycles. The summed E-state index contributed by atoms with van der Waals surface area (Å²) in [6.45, 7) is 4.66. The fourth-order valence-electron chi connectivity index (χ4n) is 0.911. The van der Waals surface area contributed by atoms with Crippen molar-refractivity contribution >= 4 is 5.91 Å². The Morgan fingerprint density at radius 3 is 2.46 bits per heavy atom. The zero-order valence-electron chi connectivity index (χ0n) is 8.37. The molecule has 3 N–H and O–H groups in total. The molecule has 5 heteroatoms. The van der Waals surface area contributed by atoms with Gasteiger partial charge in [0.05, 0.1) is 13.2 Å². The van der Waals surface area contributed by atoms with Gasteiger partial charge in [0.25, 0.3) is 5.91 Å². The Kier molecular flexibility index (Phi) is 6.48. The number of carbonyl (C=O) groups is 1. The second kappa shape index (κ2) is 6.82. The average molecular weight is 190 g/mol. The summed E-state index contributed by atoms with van der Waals surface area (Å²) in [6.07, 6.45) is -0.500. The number of ether oxygens (including phenoxy) is 2. The van der Waals surface area contributed by atoms with Crippen LogP contribution in [0.3, 0.4) is 0 Å². The molecule has 0 heterocycles. The highest BCUT2D eigenvalue weighted by Crippen LogP contribution is 2.05. The normalized spacial score (nSPS) is 13.0. The molecule has 13 heavy (non-hydrogen) atoms. The van der Waals surface area contributed by atoms with Gasteiger partial charge in [-0.1, -0.05) is 13.8 Å². The maximum absolute atomic E-state index is 11.1. The highest BCUT2D eigenvalue weighted by molar-refractivity contribution is 5.80. The molecule has 0 aliphatic heterocycles. The Labute approximate surface area is 78.5 Å². The van der Waals surface area contributed by atoms with Gasteiger partial charge in [-0.05, 0) is 5.92 Å². The number of methoxy groups -OCH3 is 1. The molecule has 0 fully saturated rings. The van der Waals surface area contributed by atoms with E-state index in [2.05, 4.69) is 5.43 Å². The van der Waals surface area contributed by atoms with Crippen molar-refractivity contribution < 1.29 is 14.3 Å². The molecule has 0 aromatic heterocycles. The summed E-state index contributed by atoms with van der Waals surface area (Å²) in [4.78, 5) is 11.1. The van der Waals surface area contributed by atoms with Gasteiger partial charge in [-0.15, -0.1) is 0 Å². The van der Waals surface area contributed by atoms with E-state index in [9.17, 15) is 4.79 Å². The quantitative estimate of drug-likeness (QED) is 0.260. The van der Waals surface area contributed by atoms with Gasteiger partial charge in [0.2, 0.25) is 0 Å². The van der Waals surface area contributed by atoms with Crippen molar-refractivity contribution in [2.24, 2.45) is 11.8 Å². The highest BCUT2D eigenvalue weighted by atomic mass is 16.5. The molecule has 0 aliphatic rings. The van der Waals surface area contributed by atoms with Crippen LogP contribution in [0.5, 0.6) is 0 Å².